The number of nitrogen functional groups attached to an aromatic ring is 1. The van der Waals surface area contributed by atoms with Gasteiger partial charge >= 0.3 is 0 Å². The molecule has 5 rings (SSSR count). The normalized spacial score (nSPS) is 31.2. The summed E-state index contributed by atoms with van der Waals surface area (Å²) in [5, 5.41) is 3.71. The van der Waals surface area contributed by atoms with Crippen molar-refractivity contribution >= 4 is 11.8 Å². The molecule has 5 heteroatoms. The van der Waals surface area contributed by atoms with Crippen LogP contribution in [0.5, 0.6) is 0 Å². The number of piperidine rings is 1. The molecule has 0 aromatic carbocycles. The zero-order chi connectivity index (χ0) is 16.1. The van der Waals surface area contributed by atoms with E-state index in [1.54, 1.807) is 0 Å². The maximum Gasteiger partial charge on any atom is 0.222 e. The Morgan fingerprint density at radius 3 is 2.71 bits per heavy atom. The topological polar surface area (TPSA) is 67.1 Å². The molecule has 1 spiro atoms. The predicted molar refractivity (Wildman–Crippen MR) is 96.3 cm³/mol. The van der Waals surface area contributed by atoms with Crippen molar-refractivity contribution in [3.63, 3.8) is 0 Å². The van der Waals surface area contributed by atoms with Gasteiger partial charge in [0.15, 0.2) is 0 Å². The lowest BCUT2D eigenvalue weighted by molar-refractivity contribution is 0.340. The molecule has 0 bridgehead atoms. The summed E-state index contributed by atoms with van der Waals surface area (Å²) in [6, 6.07) is 0.634. The van der Waals surface area contributed by atoms with Crippen LogP contribution in [-0.4, -0.2) is 35.6 Å². The van der Waals surface area contributed by atoms with Gasteiger partial charge in [0.2, 0.25) is 5.95 Å². The molecule has 0 amide bonds. The molecule has 2 saturated heterocycles. The van der Waals surface area contributed by atoms with Crippen LogP contribution >= 0.6 is 0 Å². The highest BCUT2D eigenvalue weighted by Gasteiger charge is 2.43. The second-order valence-electron chi connectivity index (χ2n) is 8.44. The largest absolute Gasteiger partial charge is 0.368 e. The van der Waals surface area contributed by atoms with E-state index in [-0.39, 0.29) is 0 Å². The standard InChI is InChI=1S/C19H29N5/c20-18-22-16-14(6-3-9-19(16)7-1-2-8-19)17(23-18)24-11-13-5-4-10-21-15(13)12-24/h13,15,21H,1-12H2,(H2,20,22,23)/t13-,15-/m0/s1. The molecule has 130 valence electrons. The fourth-order valence-electron chi connectivity index (χ4n) is 5.90. The van der Waals surface area contributed by atoms with Crippen molar-refractivity contribution < 1.29 is 0 Å². The molecule has 1 aromatic heterocycles. The van der Waals surface area contributed by atoms with Crippen LogP contribution in [-0.2, 0) is 11.8 Å². The molecule has 3 N–H and O–H groups in total. The van der Waals surface area contributed by atoms with Gasteiger partial charge in [0.05, 0.1) is 5.69 Å². The Labute approximate surface area is 144 Å². The first kappa shape index (κ1) is 14.9. The van der Waals surface area contributed by atoms with Gasteiger partial charge in [-0.1, -0.05) is 12.8 Å². The van der Waals surface area contributed by atoms with Gasteiger partial charge in [-0.2, -0.15) is 4.98 Å². The monoisotopic (exact) mass is 327 g/mol. The van der Waals surface area contributed by atoms with Gasteiger partial charge in [0.25, 0.3) is 0 Å². The lowest BCUT2D eigenvalue weighted by Gasteiger charge is -2.36. The van der Waals surface area contributed by atoms with E-state index in [0.29, 0.717) is 17.4 Å². The molecule has 3 fully saturated rings. The molecule has 2 aliphatic carbocycles. The van der Waals surface area contributed by atoms with E-state index < -0.39 is 0 Å². The lowest BCUT2D eigenvalue weighted by Crippen LogP contribution is -2.40. The van der Waals surface area contributed by atoms with Gasteiger partial charge in [-0.25, -0.2) is 4.98 Å². The summed E-state index contributed by atoms with van der Waals surface area (Å²) in [6.07, 6.45) is 11.6. The SMILES string of the molecule is Nc1nc(N2C[C@@H]3CCCN[C@H]3C2)c2c(n1)C1(CCCC1)CCC2. The van der Waals surface area contributed by atoms with Gasteiger partial charge in [-0.05, 0) is 57.4 Å². The Kier molecular flexibility index (Phi) is 3.47. The number of rotatable bonds is 1. The first-order chi connectivity index (χ1) is 11.8. The molecule has 2 aliphatic heterocycles. The van der Waals surface area contributed by atoms with Crippen LogP contribution in [0.25, 0.3) is 0 Å². The number of nitrogens with two attached hydrogens (primary N) is 1. The van der Waals surface area contributed by atoms with Crippen molar-refractivity contribution in [3.8, 4) is 0 Å². The predicted octanol–water partition coefficient (Wildman–Crippen LogP) is 2.40. The number of nitrogens with zero attached hydrogens (tertiary/aromatic N) is 3. The summed E-state index contributed by atoms with van der Waals surface area (Å²) in [5.41, 5.74) is 9.24. The molecule has 0 radical (unpaired) electrons. The first-order valence-electron chi connectivity index (χ1n) is 9.90. The van der Waals surface area contributed by atoms with E-state index in [9.17, 15) is 0 Å². The minimum atomic E-state index is 0.310. The molecule has 0 unspecified atom stereocenters. The van der Waals surface area contributed by atoms with E-state index in [0.717, 1.165) is 25.4 Å². The van der Waals surface area contributed by atoms with Crippen molar-refractivity contribution in [1.29, 1.82) is 0 Å². The molecule has 2 atom stereocenters. The van der Waals surface area contributed by atoms with Crippen LogP contribution < -0.4 is 16.0 Å². The number of anilines is 2. The zero-order valence-corrected chi connectivity index (χ0v) is 14.6. The molecular weight excluding hydrogens is 298 g/mol. The van der Waals surface area contributed by atoms with Gasteiger partial charge in [0.1, 0.15) is 5.82 Å². The number of hydrogen-bond acceptors (Lipinski definition) is 5. The van der Waals surface area contributed by atoms with Crippen LogP contribution in [0.2, 0.25) is 0 Å². The minimum absolute atomic E-state index is 0.310. The van der Waals surface area contributed by atoms with E-state index in [2.05, 4.69) is 10.2 Å². The summed E-state index contributed by atoms with van der Waals surface area (Å²) in [7, 11) is 0. The molecule has 5 nitrogen and oxygen atoms in total. The second kappa shape index (κ2) is 5.58. The number of nitrogens with one attached hydrogen (secondary N) is 1. The fraction of sp³-hybridized carbons (Fsp3) is 0.789. The van der Waals surface area contributed by atoms with Crippen molar-refractivity contribution in [1.82, 2.24) is 15.3 Å². The molecule has 1 saturated carbocycles. The van der Waals surface area contributed by atoms with Crippen molar-refractivity contribution in [2.75, 3.05) is 30.3 Å². The fourth-order valence-corrected chi connectivity index (χ4v) is 5.90. The Morgan fingerprint density at radius 1 is 1.04 bits per heavy atom. The maximum atomic E-state index is 6.18. The molecular formula is C19H29N5. The van der Waals surface area contributed by atoms with E-state index in [1.807, 2.05) is 0 Å². The summed E-state index contributed by atoms with van der Waals surface area (Å²) in [5.74, 6) is 2.43. The Bertz CT molecular complexity index is 623. The van der Waals surface area contributed by atoms with E-state index in [4.69, 9.17) is 15.7 Å². The minimum Gasteiger partial charge on any atom is -0.368 e. The van der Waals surface area contributed by atoms with Gasteiger partial charge in [-0.3, -0.25) is 0 Å². The van der Waals surface area contributed by atoms with Crippen LogP contribution in [0, 0.1) is 5.92 Å². The highest BCUT2D eigenvalue weighted by molar-refractivity contribution is 5.56. The number of fused-ring (bicyclic) bond motifs is 3. The van der Waals surface area contributed by atoms with Crippen molar-refractivity contribution in [3.05, 3.63) is 11.3 Å². The Morgan fingerprint density at radius 2 is 1.88 bits per heavy atom. The lowest BCUT2D eigenvalue weighted by atomic mass is 9.71. The summed E-state index contributed by atoms with van der Waals surface area (Å²) >= 11 is 0. The van der Waals surface area contributed by atoms with Crippen molar-refractivity contribution in [2.24, 2.45) is 5.92 Å². The third-order valence-corrected chi connectivity index (χ3v) is 7.05. The second-order valence-corrected chi connectivity index (χ2v) is 8.44. The highest BCUT2D eigenvalue weighted by Crippen LogP contribution is 2.50. The average molecular weight is 327 g/mol. The average Bonchev–Trinajstić information content (AvgIpc) is 3.22. The molecule has 3 heterocycles. The summed E-state index contributed by atoms with van der Waals surface area (Å²) in [6.45, 7) is 3.39. The third-order valence-electron chi connectivity index (χ3n) is 7.05. The van der Waals surface area contributed by atoms with E-state index >= 15 is 0 Å². The van der Waals surface area contributed by atoms with Crippen LogP contribution in [0.15, 0.2) is 0 Å². The van der Waals surface area contributed by atoms with Crippen molar-refractivity contribution in [2.45, 2.75) is 69.2 Å². The number of aromatic nitrogens is 2. The highest BCUT2D eigenvalue weighted by atomic mass is 15.3. The van der Waals surface area contributed by atoms with E-state index in [1.165, 1.54) is 75.0 Å². The van der Waals surface area contributed by atoms with Crippen LogP contribution in [0.3, 0.4) is 0 Å². The third kappa shape index (κ3) is 2.24. The zero-order valence-electron chi connectivity index (χ0n) is 14.6. The smallest absolute Gasteiger partial charge is 0.222 e. The first-order valence-corrected chi connectivity index (χ1v) is 9.90. The molecule has 1 aromatic rings. The van der Waals surface area contributed by atoms with Gasteiger partial charge in [-0.15, -0.1) is 0 Å². The Balaban J connectivity index is 1.54. The maximum absolute atomic E-state index is 6.18. The Hall–Kier alpha value is -1.36. The van der Waals surface area contributed by atoms with Crippen LogP contribution in [0.4, 0.5) is 11.8 Å². The summed E-state index contributed by atoms with van der Waals surface area (Å²) < 4.78 is 0. The number of hydrogen-bond donors (Lipinski definition) is 2. The molecule has 24 heavy (non-hydrogen) atoms. The van der Waals surface area contributed by atoms with Crippen LogP contribution in [0.1, 0.15) is 62.6 Å². The van der Waals surface area contributed by atoms with Gasteiger partial charge < -0.3 is 16.0 Å². The quantitative estimate of drug-likeness (QED) is 0.829. The van der Waals surface area contributed by atoms with Gasteiger partial charge in [0, 0.05) is 30.1 Å². The molecule has 4 aliphatic rings. The summed E-state index contributed by atoms with van der Waals surface area (Å²) in [4.78, 5) is 12.1.